The van der Waals surface area contributed by atoms with E-state index in [-0.39, 0.29) is 11.5 Å². The van der Waals surface area contributed by atoms with Crippen LogP contribution in [0.3, 0.4) is 0 Å². The second kappa shape index (κ2) is 7.77. The van der Waals surface area contributed by atoms with Gasteiger partial charge in [-0.1, -0.05) is 13.8 Å². The van der Waals surface area contributed by atoms with Gasteiger partial charge in [-0.25, -0.2) is 4.98 Å². The van der Waals surface area contributed by atoms with Gasteiger partial charge in [-0.2, -0.15) is 0 Å². The number of aromatic nitrogens is 1. The van der Waals surface area contributed by atoms with Crippen LogP contribution in [-0.4, -0.2) is 34.8 Å². The SMILES string of the molecule is CCCN(CCC)C(=O)c1cc(C(N)=O)cc(-c2nc(C)co2)c1. The molecule has 0 aliphatic rings. The first-order valence-corrected chi connectivity index (χ1v) is 8.12. The Labute approximate surface area is 141 Å². The lowest BCUT2D eigenvalue weighted by molar-refractivity contribution is 0.0755. The number of aryl methyl sites for hydroxylation is 1. The predicted octanol–water partition coefficient (Wildman–Crippen LogP) is 3.01. The maximum Gasteiger partial charge on any atom is 0.253 e. The summed E-state index contributed by atoms with van der Waals surface area (Å²) in [6, 6.07) is 4.81. The van der Waals surface area contributed by atoms with Crippen LogP contribution in [0.5, 0.6) is 0 Å². The molecule has 0 atom stereocenters. The molecule has 2 rings (SSSR count). The number of carbonyl (C=O) groups is 2. The molecule has 0 aliphatic heterocycles. The van der Waals surface area contributed by atoms with Crippen molar-refractivity contribution in [1.82, 2.24) is 9.88 Å². The fourth-order valence-corrected chi connectivity index (χ4v) is 2.54. The van der Waals surface area contributed by atoms with Gasteiger partial charge in [0.2, 0.25) is 11.8 Å². The highest BCUT2D eigenvalue weighted by atomic mass is 16.3. The number of nitrogens with zero attached hydrogens (tertiary/aromatic N) is 2. The number of benzene rings is 1. The number of amides is 2. The van der Waals surface area contributed by atoms with Crippen molar-refractivity contribution in [2.45, 2.75) is 33.6 Å². The molecule has 1 aromatic carbocycles. The average molecular weight is 329 g/mol. The lowest BCUT2D eigenvalue weighted by Gasteiger charge is -2.22. The second-order valence-corrected chi connectivity index (χ2v) is 5.75. The molecule has 2 amide bonds. The van der Waals surface area contributed by atoms with E-state index < -0.39 is 5.91 Å². The lowest BCUT2D eigenvalue weighted by Crippen LogP contribution is -2.32. The fraction of sp³-hybridized carbons (Fsp3) is 0.389. The molecule has 1 heterocycles. The number of hydrogen-bond donors (Lipinski definition) is 1. The number of rotatable bonds is 7. The molecule has 0 unspecified atom stereocenters. The largest absolute Gasteiger partial charge is 0.444 e. The monoisotopic (exact) mass is 329 g/mol. The van der Waals surface area contributed by atoms with Crippen LogP contribution in [0, 0.1) is 6.92 Å². The maximum absolute atomic E-state index is 12.8. The van der Waals surface area contributed by atoms with E-state index in [0.717, 1.165) is 18.5 Å². The van der Waals surface area contributed by atoms with Gasteiger partial charge < -0.3 is 15.1 Å². The van der Waals surface area contributed by atoms with Gasteiger partial charge in [-0.05, 0) is 38.0 Å². The van der Waals surface area contributed by atoms with Crippen molar-refractivity contribution >= 4 is 11.8 Å². The summed E-state index contributed by atoms with van der Waals surface area (Å²) in [6.45, 7) is 7.19. The second-order valence-electron chi connectivity index (χ2n) is 5.75. The van der Waals surface area contributed by atoms with Gasteiger partial charge in [0, 0.05) is 29.8 Å². The topological polar surface area (TPSA) is 89.4 Å². The molecule has 0 saturated carbocycles. The summed E-state index contributed by atoms with van der Waals surface area (Å²) in [5.74, 6) is -0.347. The Morgan fingerprint density at radius 3 is 2.25 bits per heavy atom. The van der Waals surface area contributed by atoms with E-state index in [1.54, 1.807) is 24.0 Å². The quantitative estimate of drug-likeness (QED) is 0.845. The van der Waals surface area contributed by atoms with Gasteiger partial charge >= 0.3 is 0 Å². The Kier molecular flexibility index (Phi) is 5.73. The van der Waals surface area contributed by atoms with Crippen LogP contribution < -0.4 is 5.73 Å². The summed E-state index contributed by atoms with van der Waals surface area (Å²) in [5.41, 5.74) is 7.38. The van der Waals surface area contributed by atoms with E-state index in [1.165, 1.54) is 12.3 Å². The first-order valence-electron chi connectivity index (χ1n) is 8.12. The summed E-state index contributed by atoms with van der Waals surface area (Å²) in [6.07, 6.45) is 3.26. The van der Waals surface area contributed by atoms with E-state index >= 15 is 0 Å². The summed E-state index contributed by atoms with van der Waals surface area (Å²) in [5, 5.41) is 0. The Bertz CT molecular complexity index is 731. The summed E-state index contributed by atoms with van der Waals surface area (Å²) in [4.78, 5) is 30.5. The molecule has 2 N–H and O–H groups in total. The van der Waals surface area contributed by atoms with Crippen LogP contribution in [0.4, 0.5) is 0 Å². The molecule has 6 nitrogen and oxygen atoms in total. The van der Waals surface area contributed by atoms with Crippen molar-refractivity contribution in [2.24, 2.45) is 5.73 Å². The number of hydrogen-bond acceptors (Lipinski definition) is 4. The minimum atomic E-state index is -0.591. The molecule has 0 aliphatic carbocycles. The fourth-order valence-electron chi connectivity index (χ4n) is 2.54. The first-order chi connectivity index (χ1) is 11.5. The summed E-state index contributed by atoms with van der Waals surface area (Å²) in [7, 11) is 0. The van der Waals surface area contributed by atoms with E-state index in [1.807, 2.05) is 13.8 Å². The number of oxazole rings is 1. The highest BCUT2D eigenvalue weighted by molar-refractivity contribution is 6.00. The maximum atomic E-state index is 12.8. The predicted molar refractivity (Wildman–Crippen MR) is 91.7 cm³/mol. The molecule has 24 heavy (non-hydrogen) atoms. The van der Waals surface area contributed by atoms with E-state index in [0.29, 0.717) is 30.1 Å². The highest BCUT2D eigenvalue weighted by Crippen LogP contribution is 2.23. The lowest BCUT2D eigenvalue weighted by atomic mass is 10.0. The normalized spacial score (nSPS) is 10.6. The van der Waals surface area contributed by atoms with Crippen molar-refractivity contribution in [3.8, 4) is 11.5 Å². The van der Waals surface area contributed by atoms with E-state index in [4.69, 9.17) is 10.2 Å². The molecular formula is C18H23N3O3. The van der Waals surface area contributed by atoms with Crippen LogP contribution in [0.2, 0.25) is 0 Å². The number of primary amides is 1. The van der Waals surface area contributed by atoms with Gasteiger partial charge in [0.05, 0.1) is 5.69 Å². The molecule has 128 valence electrons. The molecule has 0 bridgehead atoms. The number of nitrogens with two attached hydrogens (primary N) is 1. The van der Waals surface area contributed by atoms with Crippen molar-refractivity contribution in [3.05, 3.63) is 41.3 Å². The van der Waals surface area contributed by atoms with Crippen LogP contribution in [0.15, 0.2) is 28.9 Å². The Hall–Kier alpha value is -2.63. The summed E-state index contributed by atoms with van der Waals surface area (Å²) < 4.78 is 5.39. The van der Waals surface area contributed by atoms with Crippen molar-refractivity contribution in [1.29, 1.82) is 0 Å². The molecular weight excluding hydrogens is 306 g/mol. The van der Waals surface area contributed by atoms with E-state index in [2.05, 4.69) is 4.98 Å². The third kappa shape index (κ3) is 4.01. The molecule has 2 aromatic rings. The zero-order valence-corrected chi connectivity index (χ0v) is 14.3. The molecule has 0 fully saturated rings. The first kappa shape index (κ1) is 17.7. The van der Waals surface area contributed by atoms with Gasteiger partial charge in [-0.3, -0.25) is 9.59 Å². The van der Waals surface area contributed by atoms with Crippen molar-refractivity contribution in [3.63, 3.8) is 0 Å². The highest BCUT2D eigenvalue weighted by Gasteiger charge is 2.18. The smallest absolute Gasteiger partial charge is 0.253 e. The van der Waals surface area contributed by atoms with Gasteiger partial charge in [0.25, 0.3) is 5.91 Å². The van der Waals surface area contributed by atoms with Gasteiger partial charge in [0.15, 0.2) is 0 Å². The van der Waals surface area contributed by atoms with Crippen LogP contribution >= 0.6 is 0 Å². The zero-order valence-electron chi connectivity index (χ0n) is 14.3. The molecule has 1 aromatic heterocycles. The molecule has 0 spiro atoms. The van der Waals surface area contributed by atoms with Crippen LogP contribution in [0.1, 0.15) is 53.1 Å². The third-order valence-electron chi connectivity index (χ3n) is 3.60. The summed E-state index contributed by atoms with van der Waals surface area (Å²) >= 11 is 0. The zero-order chi connectivity index (χ0) is 17.7. The molecule has 0 saturated heterocycles. The standard InChI is InChI=1S/C18H23N3O3/c1-4-6-21(7-5-2)18(23)15-9-13(16(19)22)8-14(10-15)17-20-12(3)11-24-17/h8-11H,4-7H2,1-3H3,(H2,19,22). The number of carbonyl (C=O) groups excluding carboxylic acids is 2. The van der Waals surface area contributed by atoms with Crippen LogP contribution in [-0.2, 0) is 0 Å². The van der Waals surface area contributed by atoms with E-state index in [9.17, 15) is 9.59 Å². The van der Waals surface area contributed by atoms with Crippen LogP contribution in [0.25, 0.3) is 11.5 Å². The van der Waals surface area contributed by atoms with Crippen molar-refractivity contribution in [2.75, 3.05) is 13.1 Å². The third-order valence-corrected chi connectivity index (χ3v) is 3.60. The minimum Gasteiger partial charge on any atom is -0.444 e. The molecule has 0 radical (unpaired) electrons. The van der Waals surface area contributed by atoms with Crippen molar-refractivity contribution < 1.29 is 14.0 Å². The van der Waals surface area contributed by atoms with Gasteiger partial charge in [0.1, 0.15) is 6.26 Å². The minimum absolute atomic E-state index is 0.119. The average Bonchev–Trinajstić information content (AvgIpc) is 3.00. The Morgan fingerprint density at radius 1 is 1.12 bits per heavy atom. The van der Waals surface area contributed by atoms with Gasteiger partial charge in [-0.15, -0.1) is 0 Å². The molecule has 6 heteroatoms. The Balaban J connectivity index is 2.46. The Morgan fingerprint density at radius 2 is 1.75 bits per heavy atom.